The van der Waals surface area contributed by atoms with Crippen LogP contribution in [0.3, 0.4) is 0 Å². The van der Waals surface area contributed by atoms with Crippen LogP contribution in [0.1, 0.15) is 36.7 Å². The lowest BCUT2D eigenvalue weighted by atomic mass is 10.1. The lowest BCUT2D eigenvalue weighted by molar-refractivity contribution is -0.305. The van der Waals surface area contributed by atoms with Gasteiger partial charge in [-0.3, -0.25) is 9.59 Å². The zero-order valence-electron chi connectivity index (χ0n) is 12.9. The Morgan fingerprint density at radius 2 is 1.96 bits per heavy atom. The van der Waals surface area contributed by atoms with Crippen LogP contribution in [0, 0.1) is 0 Å². The normalized spacial score (nSPS) is 10.7. The van der Waals surface area contributed by atoms with Gasteiger partial charge >= 0.3 is 0 Å². The van der Waals surface area contributed by atoms with Gasteiger partial charge in [-0.15, -0.1) is 0 Å². The number of carboxylic acid groups (broad SMARTS) is 1. The maximum absolute atomic E-state index is 12.4. The fraction of sp³-hybridized carbons (Fsp3) is 0.375. The van der Waals surface area contributed by atoms with Gasteiger partial charge in [-0.05, 0) is 12.5 Å². The number of carbonyl (C=O) groups excluding carboxylic acids is 2. The monoisotopic (exact) mass is 316 g/mol. The van der Waals surface area contributed by atoms with Crippen molar-refractivity contribution in [2.24, 2.45) is 0 Å². The lowest BCUT2D eigenvalue weighted by Crippen LogP contribution is -2.33. The summed E-state index contributed by atoms with van der Waals surface area (Å²) in [6, 6.07) is 6.75. The third-order valence-corrected chi connectivity index (χ3v) is 3.42. The molecule has 122 valence electrons. The topological polar surface area (TPSA) is 104 Å². The van der Waals surface area contributed by atoms with Crippen LogP contribution < -0.4 is 16.0 Å². The second-order valence-electron chi connectivity index (χ2n) is 5.15. The van der Waals surface area contributed by atoms with E-state index in [0.29, 0.717) is 17.3 Å². The van der Waals surface area contributed by atoms with Gasteiger partial charge in [-0.25, -0.2) is 4.68 Å². The van der Waals surface area contributed by atoms with Crippen molar-refractivity contribution in [3.05, 3.63) is 40.3 Å². The summed E-state index contributed by atoms with van der Waals surface area (Å²) < 4.78 is 1.29. The predicted octanol–water partition coefficient (Wildman–Crippen LogP) is 0.0664. The quantitative estimate of drug-likeness (QED) is 0.778. The van der Waals surface area contributed by atoms with Crippen LogP contribution in [0.2, 0.25) is 0 Å². The summed E-state index contributed by atoms with van der Waals surface area (Å²) in [5.41, 5.74) is -0.116. The number of aliphatic carboxylic acids is 1. The van der Waals surface area contributed by atoms with Gasteiger partial charge in [0.2, 0.25) is 0 Å². The number of aryl methyl sites for hydroxylation is 1. The molecule has 1 amide bonds. The number of nitrogens with one attached hydrogen (secondary N) is 1. The molecule has 0 aliphatic heterocycles. The molecule has 0 radical (unpaired) electrons. The number of benzene rings is 1. The predicted molar refractivity (Wildman–Crippen MR) is 82.9 cm³/mol. The third kappa shape index (κ3) is 3.94. The summed E-state index contributed by atoms with van der Waals surface area (Å²) in [6.45, 7) is 2.38. The summed E-state index contributed by atoms with van der Waals surface area (Å²) >= 11 is 0. The minimum absolute atomic E-state index is 0.0503. The molecule has 2 rings (SSSR count). The average Bonchev–Trinajstić information content (AvgIpc) is 2.54. The SMILES string of the molecule is CCCCn1nc(C(=O)NCCC(=O)[O-])c2ccccc2c1=O. The van der Waals surface area contributed by atoms with Crippen molar-refractivity contribution in [3.63, 3.8) is 0 Å². The Hall–Kier alpha value is -2.70. The summed E-state index contributed by atoms with van der Waals surface area (Å²) in [7, 11) is 0. The number of carbonyl (C=O) groups is 2. The van der Waals surface area contributed by atoms with Gasteiger partial charge in [0.15, 0.2) is 5.69 Å². The molecule has 1 N–H and O–H groups in total. The fourth-order valence-corrected chi connectivity index (χ4v) is 2.22. The number of nitrogens with zero attached hydrogens (tertiary/aromatic N) is 2. The Morgan fingerprint density at radius 1 is 1.26 bits per heavy atom. The second-order valence-corrected chi connectivity index (χ2v) is 5.15. The maximum atomic E-state index is 12.4. The molecule has 0 saturated heterocycles. The Morgan fingerprint density at radius 3 is 2.61 bits per heavy atom. The zero-order chi connectivity index (χ0) is 16.8. The Balaban J connectivity index is 2.40. The summed E-state index contributed by atoms with van der Waals surface area (Å²) in [6.07, 6.45) is 1.39. The minimum atomic E-state index is -1.24. The standard InChI is InChI=1S/C16H19N3O4/c1-2-3-10-19-16(23)12-7-5-4-6-11(12)14(18-19)15(22)17-9-8-13(20)21/h4-7H,2-3,8-10H2,1H3,(H,17,22)(H,20,21)/p-1. The highest BCUT2D eigenvalue weighted by Gasteiger charge is 2.16. The molecule has 0 saturated carbocycles. The van der Waals surface area contributed by atoms with Gasteiger partial charge in [0.05, 0.1) is 5.39 Å². The van der Waals surface area contributed by atoms with Gasteiger partial charge in [0, 0.05) is 30.9 Å². The highest BCUT2D eigenvalue weighted by Crippen LogP contribution is 2.13. The molecule has 7 heteroatoms. The van der Waals surface area contributed by atoms with Gasteiger partial charge < -0.3 is 15.2 Å². The van der Waals surface area contributed by atoms with Crippen LogP contribution in [0.15, 0.2) is 29.1 Å². The first-order valence-corrected chi connectivity index (χ1v) is 7.52. The zero-order valence-corrected chi connectivity index (χ0v) is 12.9. The van der Waals surface area contributed by atoms with Crippen LogP contribution in [-0.2, 0) is 11.3 Å². The van der Waals surface area contributed by atoms with Gasteiger partial charge in [-0.1, -0.05) is 31.5 Å². The van der Waals surface area contributed by atoms with Crippen molar-refractivity contribution in [1.82, 2.24) is 15.1 Å². The second kappa shape index (κ2) is 7.53. The van der Waals surface area contributed by atoms with Crippen molar-refractivity contribution in [2.45, 2.75) is 32.7 Å². The molecule has 23 heavy (non-hydrogen) atoms. The number of unbranched alkanes of at least 4 members (excludes halogenated alkanes) is 1. The van der Waals surface area contributed by atoms with Gasteiger partial charge in [-0.2, -0.15) is 5.10 Å². The van der Waals surface area contributed by atoms with Crippen molar-refractivity contribution >= 4 is 22.6 Å². The molecule has 0 aliphatic rings. The van der Waals surface area contributed by atoms with Crippen molar-refractivity contribution in [1.29, 1.82) is 0 Å². The Bertz CT molecular complexity index is 782. The average molecular weight is 316 g/mol. The molecule has 1 aromatic heterocycles. The number of amides is 1. The van der Waals surface area contributed by atoms with Crippen molar-refractivity contribution < 1.29 is 14.7 Å². The van der Waals surface area contributed by atoms with E-state index in [4.69, 9.17) is 0 Å². The van der Waals surface area contributed by atoms with E-state index in [9.17, 15) is 19.5 Å². The highest BCUT2D eigenvalue weighted by atomic mass is 16.4. The van der Waals surface area contributed by atoms with E-state index in [1.54, 1.807) is 24.3 Å². The van der Waals surface area contributed by atoms with E-state index in [1.165, 1.54) is 4.68 Å². The molecule has 7 nitrogen and oxygen atoms in total. The van der Waals surface area contributed by atoms with E-state index in [-0.39, 0.29) is 24.2 Å². The number of carboxylic acids is 1. The number of aromatic nitrogens is 2. The van der Waals surface area contributed by atoms with Crippen LogP contribution in [-0.4, -0.2) is 28.2 Å². The van der Waals surface area contributed by atoms with Crippen LogP contribution in [0.4, 0.5) is 0 Å². The molecular weight excluding hydrogens is 298 g/mol. The number of hydrogen-bond acceptors (Lipinski definition) is 5. The van der Waals surface area contributed by atoms with E-state index >= 15 is 0 Å². The first-order chi connectivity index (χ1) is 11.0. The molecule has 0 atom stereocenters. The van der Waals surface area contributed by atoms with Crippen molar-refractivity contribution in [2.75, 3.05) is 6.54 Å². The van der Waals surface area contributed by atoms with E-state index in [0.717, 1.165) is 12.8 Å². The first-order valence-electron chi connectivity index (χ1n) is 7.52. The molecule has 0 unspecified atom stereocenters. The maximum Gasteiger partial charge on any atom is 0.274 e. The largest absolute Gasteiger partial charge is 0.550 e. The number of fused-ring (bicyclic) bond motifs is 1. The Labute approximate surface area is 132 Å². The minimum Gasteiger partial charge on any atom is -0.550 e. The molecule has 0 bridgehead atoms. The van der Waals surface area contributed by atoms with Crippen LogP contribution in [0.25, 0.3) is 10.8 Å². The molecule has 1 heterocycles. The number of rotatable bonds is 7. The van der Waals surface area contributed by atoms with Crippen LogP contribution >= 0.6 is 0 Å². The molecule has 0 fully saturated rings. The number of hydrogen-bond donors (Lipinski definition) is 1. The van der Waals surface area contributed by atoms with Crippen molar-refractivity contribution in [3.8, 4) is 0 Å². The third-order valence-electron chi connectivity index (χ3n) is 3.42. The molecule has 1 aromatic carbocycles. The molecule has 0 aliphatic carbocycles. The van der Waals surface area contributed by atoms with Gasteiger partial charge in [0.1, 0.15) is 0 Å². The molecule has 0 spiro atoms. The van der Waals surface area contributed by atoms with Crippen LogP contribution in [0.5, 0.6) is 0 Å². The van der Waals surface area contributed by atoms with Gasteiger partial charge in [0.25, 0.3) is 11.5 Å². The summed E-state index contributed by atoms with van der Waals surface area (Å²) in [4.78, 5) is 35.1. The van der Waals surface area contributed by atoms with E-state index < -0.39 is 11.9 Å². The first kappa shape index (κ1) is 16.7. The molecule has 2 aromatic rings. The fourth-order valence-electron chi connectivity index (χ4n) is 2.22. The summed E-state index contributed by atoms with van der Waals surface area (Å²) in [5.74, 6) is -1.75. The lowest BCUT2D eigenvalue weighted by Gasteiger charge is -2.11. The summed E-state index contributed by atoms with van der Waals surface area (Å²) in [5, 5.41) is 18.0. The Kier molecular flexibility index (Phi) is 5.46. The van der Waals surface area contributed by atoms with E-state index in [2.05, 4.69) is 10.4 Å². The highest BCUT2D eigenvalue weighted by molar-refractivity contribution is 6.04. The smallest absolute Gasteiger partial charge is 0.274 e. The molecular formula is C16H18N3O4-. The van der Waals surface area contributed by atoms with E-state index in [1.807, 2.05) is 6.92 Å².